The zero-order chi connectivity index (χ0) is 22.1. The summed E-state index contributed by atoms with van der Waals surface area (Å²) >= 11 is 5.95. The first-order valence-electron chi connectivity index (χ1n) is 10.0. The van der Waals surface area contributed by atoms with Crippen LogP contribution in [-0.4, -0.2) is 28.2 Å². The lowest BCUT2D eigenvalue weighted by molar-refractivity contribution is -0.140. The number of aliphatic hydroxyl groups is 1. The maximum atomic E-state index is 13.0. The van der Waals surface area contributed by atoms with Gasteiger partial charge in [-0.15, -0.1) is 0 Å². The van der Waals surface area contributed by atoms with Crippen LogP contribution in [0.3, 0.4) is 0 Å². The molecule has 2 heterocycles. The Balaban J connectivity index is 1.76. The molecule has 0 radical (unpaired) electrons. The Labute approximate surface area is 185 Å². The lowest BCUT2D eigenvalue weighted by Gasteiger charge is -2.23. The number of hydrogen-bond acceptors (Lipinski definition) is 4. The monoisotopic (exact) mass is 435 g/mol. The molecular weight excluding hydrogens is 414 g/mol. The Bertz CT molecular complexity index is 1160. The van der Waals surface area contributed by atoms with E-state index < -0.39 is 17.7 Å². The van der Waals surface area contributed by atoms with E-state index in [1.54, 1.807) is 24.3 Å². The minimum atomic E-state index is -0.790. The maximum Gasteiger partial charge on any atom is 0.295 e. The molecule has 3 aromatic rings. The van der Waals surface area contributed by atoms with Crippen LogP contribution in [0.2, 0.25) is 5.02 Å². The van der Waals surface area contributed by atoms with E-state index in [0.29, 0.717) is 29.3 Å². The van der Waals surface area contributed by atoms with Crippen LogP contribution < -0.4 is 0 Å². The van der Waals surface area contributed by atoms with Gasteiger partial charge in [-0.25, -0.2) is 0 Å². The van der Waals surface area contributed by atoms with Gasteiger partial charge in [0.25, 0.3) is 11.7 Å². The van der Waals surface area contributed by atoms with Gasteiger partial charge in [-0.2, -0.15) is 0 Å². The van der Waals surface area contributed by atoms with E-state index in [0.717, 1.165) is 16.7 Å². The number of aliphatic hydroxyl groups excluding tert-OH is 1. The van der Waals surface area contributed by atoms with Crippen LogP contribution >= 0.6 is 11.6 Å². The molecule has 1 saturated heterocycles. The van der Waals surface area contributed by atoms with Crippen molar-refractivity contribution < 1.29 is 19.1 Å². The topological polar surface area (TPSA) is 70.8 Å². The predicted molar refractivity (Wildman–Crippen MR) is 119 cm³/mol. The zero-order valence-corrected chi connectivity index (χ0v) is 18.0. The van der Waals surface area contributed by atoms with Crippen molar-refractivity contribution in [1.82, 2.24) is 4.90 Å². The minimum Gasteiger partial charge on any atom is -0.507 e. The summed E-state index contributed by atoms with van der Waals surface area (Å²) in [5.41, 5.74) is 3.32. The van der Waals surface area contributed by atoms with Crippen LogP contribution in [0, 0.1) is 13.8 Å². The van der Waals surface area contributed by atoms with Gasteiger partial charge >= 0.3 is 0 Å². The van der Waals surface area contributed by atoms with Crippen LogP contribution in [0.5, 0.6) is 0 Å². The summed E-state index contributed by atoms with van der Waals surface area (Å²) < 4.78 is 5.57. The van der Waals surface area contributed by atoms with E-state index in [-0.39, 0.29) is 11.3 Å². The molecule has 1 N–H and O–H groups in total. The first kappa shape index (κ1) is 20.9. The molecule has 1 fully saturated rings. The van der Waals surface area contributed by atoms with Gasteiger partial charge in [0.15, 0.2) is 0 Å². The lowest BCUT2D eigenvalue weighted by atomic mass is 9.96. The molecule has 1 unspecified atom stereocenters. The predicted octanol–water partition coefficient (Wildman–Crippen LogP) is 5.21. The Morgan fingerprint density at radius 2 is 1.84 bits per heavy atom. The van der Waals surface area contributed by atoms with Crippen LogP contribution in [0.25, 0.3) is 5.76 Å². The third-order valence-electron chi connectivity index (χ3n) is 5.56. The van der Waals surface area contributed by atoms with Gasteiger partial charge in [-0.1, -0.05) is 41.4 Å². The molecule has 1 aliphatic rings. The van der Waals surface area contributed by atoms with Crippen molar-refractivity contribution in [2.75, 3.05) is 6.54 Å². The number of nitrogens with zero attached hydrogens (tertiary/aromatic N) is 1. The fraction of sp³-hybridized carbons (Fsp3) is 0.200. The molecule has 1 atom stereocenters. The van der Waals surface area contributed by atoms with E-state index in [1.807, 2.05) is 44.2 Å². The van der Waals surface area contributed by atoms with Crippen molar-refractivity contribution in [2.45, 2.75) is 26.3 Å². The molecule has 0 spiro atoms. The van der Waals surface area contributed by atoms with E-state index in [1.165, 1.54) is 11.2 Å². The summed E-state index contributed by atoms with van der Waals surface area (Å²) in [6.45, 7) is 4.05. The number of furan rings is 1. The average molecular weight is 436 g/mol. The summed E-state index contributed by atoms with van der Waals surface area (Å²) in [5.74, 6) is -1.12. The normalized spacial score (nSPS) is 18.0. The van der Waals surface area contributed by atoms with Gasteiger partial charge in [-0.05, 0) is 61.7 Å². The fourth-order valence-corrected chi connectivity index (χ4v) is 4.02. The van der Waals surface area contributed by atoms with Crippen molar-refractivity contribution in [3.8, 4) is 0 Å². The highest BCUT2D eigenvalue weighted by atomic mass is 35.5. The number of likely N-dealkylation sites (tertiary alicyclic amines) is 1. The van der Waals surface area contributed by atoms with E-state index in [9.17, 15) is 14.7 Å². The molecule has 1 amide bonds. The summed E-state index contributed by atoms with van der Waals surface area (Å²) in [6, 6.07) is 15.6. The van der Waals surface area contributed by atoms with Crippen molar-refractivity contribution in [3.05, 3.63) is 99.5 Å². The van der Waals surface area contributed by atoms with Gasteiger partial charge in [0.2, 0.25) is 0 Å². The number of Topliss-reactive ketones (excluding diaryl/α,β-unsaturated/α-hetero) is 1. The second-order valence-electron chi connectivity index (χ2n) is 7.70. The molecule has 158 valence electrons. The summed E-state index contributed by atoms with van der Waals surface area (Å²) in [7, 11) is 0. The summed E-state index contributed by atoms with van der Waals surface area (Å²) in [5, 5.41) is 11.8. The largest absolute Gasteiger partial charge is 0.507 e. The van der Waals surface area contributed by atoms with Crippen LogP contribution in [0.15, 0.2) is 70.9 Å². The van der Waals surface area contributed by atoms with E-state index >= 15 is 0 Å². The highest BCUT2D eigenvalue weighted by molar-refractivity contribution is 6.46. The summed E-state index contributed by atoms with van der Waals surface area (Å²) in [4.78, 5) is 27.4. The van der Waals surface area contributed by atoms with Gasteiger partial charge in [-0.3, -0.25) is 9.59 Å². The number of hydrogen-bond donors (Lipinski definition) is 1. The van der Waals surface area contributed by atoms with Crippen LogP contribution in [0.4, 0.5) is 0 Å². The second kappa shape index (κ2) is 8.44. The Morgan fingerprint density at radius 1 is 1.10 bits per heavy atom. The molecule has 0 aliphatic carbocycles. The lowest BCUT2D eigenvalue weighted by Crippen LogP contribution is -2.31. The zero-order valence-electron chi connectivity index (χ0n) is 17.3. The molecule has 2 aromatic carbocycles. The number of ketones is 1. The van der Waals surface area contributed by atoms with Gasteiger partial charge < -0.3 is 14.4 Å². The maximum absolute atomic E-state index is 13.0. The van der Waals surface area contributed by atoms with Crippen LogP contribution in [0.1, 0.15) is 34.1 Å². The Morgan fingerprint density at radius 3 is 2.52 bits per heavy atom. The van der Waals surface area contributed by atoms with Gasteiger partial charge in [0.05, 0.1) is 11.8 Å². The number of benzene rings is 2. The van der Waals surface area contributed by atoms with Crippen molar-refractivity contribution >= 4 is 29.1 Å². The molecule has 31 heavy (non-hydrogen) atoms. The van der Waals surface area contributed by atoms with Crippen molar-refractivity contribution in [3.63, 3.8) is 0 Å². The second-order valence-corrected chi connectivity index (χ2v) is 8.14. The third kappa shape index (κ3) is 4.01. The number of aryl methyl sites for hydroxylation is 2. The quantitative estimate of drug-likeness (QED) is 0.339. The number of amides is 1. The summed E-state index contributed by atoms with van der Waals surface area (Å²) in [6.07, 6.45) is 2.03. The highest BCUT2D eigenvalue weighted by Crippen LogP contribution is 2.40. The molecule has 5 nitrogen and oxygen atoms in total. The first-order chi connectivity index (χ1) is 14.9. The first-order valence-corrected chi connectivity index (χ1v) is 10.4. The average Bonchev–Trinajstić information content (AvgIpc) is 3.36. The molecule has 1 aliphatic heterocycles. The SMILES string of the molecule is Cc1ccc(C)c(/C(O)=C2/C(=O)C(=O)N(CCc3ccc(Cl)cc3)C2c2ccco2)c1. The minimum absolute atomic E-state index is 0.0461. The number of carbonyl (C=O) groups is 2. The third-order valence-corrected chi connectivity index (χ3v) is 5.81. The fourth-order valence-electron chi connectivity index (χ4n) is 3.89. The molecule has 1 aromatic heterocycles. The van der Waals surface area contributed by atoms with Crippen molar-refractivity contribution in [2.24, 2.45) is 0 Å². The molecule has 6 heteroatoms. The van der Waals surface area contributed by atoms with Crippen molar-refractivity contribution in [1.29, 1.82) is 0 Å². The Kier molecular flexibility index (Phi) is 5.70. The van der Waals surface area contributed by atoms with Crippen LogP contribution in [-0.2, 0) is 16.0 Å². The van der Waals surface area contributed by atoms with Gasteiger partial charge in [0.1, 0.15) is 17.6 Å². The molecular formula is C25H22ClNO4. The van der Waals surface area contributed by atoms with Gasteiger partial charge in [0, 0.05) is 17.1 Å². The van der Waals surface area contributed by atoms with E-state index in [2.05, 4.69) is 0 Å². The number of carbonyl (C=O) groups excluding carboxylic acids is 2. The van der Waals surface area contributed by atoms with E-state index in [4.69, 9.17) is 16.0 Å². The highest BCUT2D eigenvalue weighted by Gasteiger charge is 2.47. The standard InChI is InChI=1S/C25H22ClNO4/c1-15-5-6-16(2)19(14-15)23(28)21-22(20-4-3-13-31-20)27(25(30)24(21)29)12-11-17-7-9-18(26)10-8-17/h3-10,13-14,22,28H,11-12H2,1-2H3/b23-21-. The number of rotatable bonds is 5. The molecule has 0 bridgehead atoms. The Hall–Kier alpha value is -3.31. The number of halogens is 1. The molecule has 4 rings (SSSR count). The molecule has 0 saturated carbocycles. The smallest absolute Gasteiger partial charge is 0.295 e.